The number of carbonyl (C=O) groups is 1. The van der Waals surface area contributed by atoms with Crippen molar-refractivity contribution in [2.24, 2.45) is 0 Å². The van der Waals surface area contributed by atoms with E-state index >= 15 is 0 Å². The molecule has 0 atom stereocenters. The van der Waals surface area contributed by atoms with Crippen molar-refractivity contribution in [3.8, 4) is 0 Å². The van der Waals surface area contributed by atoms with Gasteiger partial charge in [-0.1, -0.05) is 6.07 Å². The largest absolute Gasteiger partial charge is 0.418 e. The highest BCUT2D eigenvalue weighted by Gasteiger charge is 2.35. The van der Waals surface area contributed by atoms with Crippen molar-refractivity contribution in [1.82, 2.24) is 4.90 Å². The summed E-state index contributed by atoms with van der Waals surface area (Å²) in [6.07, 6.45) is -4.64. The molecule has 1 saturated heterocycles. The number of rotatable bonds is 3. The minimum Gasteiger partial charge on any atom is -0.369 e. The van der Waals surface area contributed by atoms with Crippen LogP contribution in [0.3, 0.4) is 0 Å². The van der Waals surface area contributed by atoms with E-state index in [1.807, 2.05) is 11.9 Å². The monoisotopic (exact) mass is 395 g/mol. The van der Waals surface area contributed by atoms with Crippen LogP contribution in [0.4, 0.5) is 28.9 Å². The molecular formula is C20H21F4N3O. The summed E-state index contributed by atoms with van der Waals surface area (Å²) < 4.78 is 54.4. The van der Waals surface area contributed by atoms with Gasteiger partial charge in [-0.05, 0) is 49.9 Å². The number of hydrogen-bond acceptors (Lipinski definition) is 3. The molecule has 0 aromatic heterocycles. The molecule has 2 aromatic rings. The molecule has 1 N–H and O–H groups in total. The van der Waals surface area contributed by atoms with E-state index in [0.29, 0.717) is 24.3 Å². The summed E-state index contributed by atoms with van der Waals surface area (Å²) in [5.74, 6) is -1.38. The second-order valence-electron chi connectivity index (χ2n) is 6.94. The molecule has 0 bridgehead atoms. The molecule has 150 valence electrons. The number of alkyl halides is 3. The number of likely N-dealkylation sites (N-methyl/N-ethyl adjacent to an activating group) is 1. The molecule has 2 aromatic carbocycles. The molecule has 0 radical (unpaired) electrons. The van der Waals surface area contributed by atoms with Crippen molar-refractivity contribution in [2.75, 3.05) is 43.4 Å². The zero-order valence-electron chi connectivity index (χ0n) is 15.6. The predicted molar refractivity (Wildman–Crippen MR) is 100 cm³/mol. The van der Waals surface area contributed by atoms with Gasteiger partial charge in [0.2, 0.25) is 0 Å². The Kier molecular flexibility index (Phi) is 5.60. The molecule has 1 aliphatic heterocycles. The van der Waals surface area contributed by atoms with Crippen LogP contribution in [0.5, 0.6) is 0 Å². The van der Waals surface area contributed by atoms with Crippen molar-refractivity contribution in [1.29, 1.82) is 0 Å². The molecule has 0 saturated carbocycles. The fourth-order valence-electron chi connectivity index (χ4n) is 3.07. The molecule has 1 fully saturated rings. The Hall–Kier alpha value is -2.61. The van der Waals surface area contributed by atoms with Gasteiger partial charge in [-0.15, -0.1) is 0 Å². The average molecular weight is 395 g/mol. The maximum atomic E-state index is 13.7. The summed E-state index contributed by atoms with van der Waals surface area (Å²) >= 11 is 0. The van der Waals surface area contributed by atoms with Crippen molar-refractivity contribution >= 4 is 17.3 Å². The molecule has 1 amide bonds. The third-order valence-corrected chi connectivity index (χ3v) is 4.86. The number of nitrogens with one attached hydrogen (secondary N) is 1. The molecule has 3 rings (SSSR count). The van der Waals surface area contributed by atoms with Gasteiger partial charge in [0.1, 0.15) is 5.82 Å². The zero-order valence-corrected chi connectivity index (χ0v) is 15.6. The van der Waals surface area contributed by atoms with E-state index in [4.69, 9.17) is 0 Å². The summed E-state index contributed by atoms with van der Waals surface area (Å²) in [7, 11) is 1.96. The first kappa shape index (κ1) is 20.1. The molecule has 0 aliphatic carbocycles. The number of carbonyl (C=O) groups excluding carboxylic acids is 1. The van der Waals surface area contributed by atoms with Gasteiger partial charge in [-0.2, -0.15) is 13.2 Å². The van der Waals surface area contributed by atoms with Crippen LogP contribution in [0, 0.1) is 12.7 Å². The van der Waals surface area contributed by atoms with Crippen molar-refractivity contribution in [3.05, 3.63) is 58.9 Å². The molecular weight excluding hydrogens is 374 g/mol. The fraction of sp³-hybridized carbons (Fsp3) is 0.350. The van der Waals surface area contributed by atoms with Gasteiger partial charge in [0.25, 0.3) is 5.91 Å². The van der Waals surface area contributed by atoms with Crippen molar-refractivity contribution in [3.63, 3.8) is 0 Å². The Labute approximate surface area is 160 Å². The second-order valence-corrected chi connectivity index (χ2v) is 6.94. The molecule has 8 heteroatoms. The van der Waals surface area contributed by atoms with Gasteiger partial charge >= 0.3 is 6.18 Å². The van der Waals surface area contributed by atoms with Crippen LogP contribution in [-0.2, 0) is 6.18 Å². The minimum absolute atomic E-state index is 0.0423. The number of halogens is 4. The molecule has 0 spiro atoms. The first-order chi connectivity index (χ1) is 13.1. The van der Waals surface area contributed by atoms with Crippen LogP contribution in [-0.4, -0.2) is 44.0 Å². The highest BCUT2D eigenvalue weighted by atomic mass is 19.4. The maximum Gasteiger partial charge on any atom is 0.418 e. The standard InChI is InChI=1S/C20H21F4N3O/c1-13-3-4-14(11-17(13)21)19(28)25-18-6-5-15(12-16(18)20(22,23)24)27-9-7-26(2)8-10-27/h3-6,11-12H,7-10H2,1-2H3,(H,25,28). The topological polar surface area (TPSA) is 35.6 Å². The lowest BCUT2D eigenvalue weighted by Gasteiger charge is -2.34. The van der Waals surface area contributed by atoms with E-state index < -0.39 is 23.5 Å². The van der Waals surface area contributed by atoms with E-state index in [0.717, 1.165) is 25.2 Å². The lowest BCUT2D eigenvalue weighted by atomic mass is 10.1. The van der Waals surface area contributed by atoms with E-state index in [1.54, 1.807) is 6.07 Å². The Morgan fingerprint density at radius 1 is 1.04 bits per heavy atom. The highest BCUT2D eigenvalue weighted by Crippen LogP contribution is 2.37. The number of anilines is 2. The van der Waals surface area contributed by atoms with Crippen molar-refractivity contribution < 1.29 is 22.4 Å². The summed E-state index contributed by atoms with van der Waals surface area (Å²) in [6.45, 7) is 4.32. The maximum absolute atomic E-state index is 13.7. The predicted octanol–water partition coefficient (Wildman–Crippen LogP) is 4.16. The lowest BCUT2D eigenvalue weighted by Crippen LogP contribution is -2.44. The highest BCUT2D eigenvalue weighted by molar-refractivity contribution is 6.04. The van der Waals surface area contributed by atoms with Crippen LogP contribution in [0.2, 0.25) is 0 Å². The summed E-state index contributed by atoms with van der Waals surface area (Å²) in [5, 5.41) is 2.26. The normalized spacial score (nSPS) is 15.6. The Morgan fingerprint density at radius 2 is 1.71 bits per heavy atom. The summed E-state index contributed by atoms with van der Waals surface area (Å²) in [6, 6.07) is 7.66. The lowest BCUT2D eigenvalue weighted by molar-refractivity contribution is -0.136. The van der Waals surface area contributed by atoms with Gasteiger partial charge in [0.15, 0.2) is 0 Å². The molecule has 28 heavy (non-hydrogen) atoms. The number of nitrogens with zero attached hydrogens (tertiary/aromatic N) is 2. The van der Waals surface area contributed by atoms with E-state index in [-0.39, 0.29) is 11.3 Å². The van der Waals surface area contributed by atoms with E-state index in [1.165, 1.54) is 25.1 Å². The van der Waals surface area contributed by atoms with Gasteiger partial charge in [0.05, 0.1) is 11.3 Å². The van der Waals surface area contributed by atoms with Crippen LogP contribution in [0.1, 0.15) is 21.5 Å². The first-order valence-corrected chi connectivity index (χ1v) is 8.87. The Morgan fingerprint density at radius 3 is 2.32 bits per heavy atom. The van der Waals surface area contributed by atoms with Crippen LogP contribution in [0.25, 0.3) is 0 Å². The summed E-state index contributed by atoms with van der Waals surface area (Å²) in [4.78, 5) is 16.3. The van der Waals surface area contributed by atoms with Gasteiger partial charge in [0, 0.05) is 37.4 Å². The number of benzene rings is 2. The van der Waals surface area contributed by atoms with Crippen molar-refractivity contribution in [2.45, 2.75) is 13.1 Å². The van der Waals surface area contributed by atoms with Gasteiger partial charge in [-0.3, -0.25) is 4.79 Å². The Bertz CT molecular complexity index is 874. The second kappa shape index (κ2) is 7.79. The van der Waals surface area contributed by atoms with Crippen LogP contribution in [0.15, 0.2) is 36.4 Å². The zero-order chi connectivity index (χ0) is 20.5. The summed E-state index contributed by atoms with van der Waals surface area (Å²) in [5.41, 5.74) is -0.510. The smallest absolute Gasteiger partial charge is 0.369 e. The van der Waals surface area contributed by atoms with Crippen LogP contribution < -0.4 is 10.2 Å². The Balaban J connectivity index is 1.87. The number of piperazine rings is 1. The van der Waals surface area contributed by atoms with E-state index in [9.17, 15) is 22.4 Å². The molecule has 0 unspecified atom stereocenters. The third kappa shape index (κ3) is 4.44. The number of amides is 1. The van der Waals surface area contributed by atoms with Crippen LogP contribution >= 0.6 is 0 Å². The quantitative estimate of drug-likeness (QED) is 0.793. The molecule has 1 aliphatic rings. The fourth-order valence-corrected chi connectivity index (χ4v) is 3.07. The number of hydrogen-bond donors (Lipinski definition) is 1. The minimum atomic E-state index is -4.64. The van der Waals surface area contributed by atoms with Gasteiger partial charge in [-0.25, -0.2) is 4.39 Å². The third-order valence-electron chi connectivity index (χ3n) is 4.86. The molecule has 1 heterocycles. The SMILES string of the molecule is Cc1ccc(C(=O)Nc2ccc(N3CCN(C)CC3)cc2C(F)(F)F)cc1F. The van der Waals surface area contributed by atoms with E-state index in [2.05, 4.69) is 10.2 Å². The average Bonchev–Trinajstić information content (AvgIpc) is 2.64. The number of aryl methyl sites for hydroxylation is 1. The van der Waals surface area contributed by atoms with Gasteiger partial charge < -0.3 is 15.1 Å². The molecule has 4 nitrogen and oxygen atoms in total. The first-order valence-electron chi connectivity index (χ1n) is 8.87.